The molecule has 1 aliphatic rings. The van der Waals surface area contributed by atoms with Crippen molar-refractivity contribution in [1.29, 1.82) is 0 Å². The molecule has 2 aromatic heterocycles. The van der Waals surface area contributed by atoms with E-state index in [2.05, 4.69) is 10.3 Å². The Balaban J connectivity index is 1.51. The molecule has 0 unspecified atom stereocenters. The van der Waals surface area contributed by atoms with Crippen LogP contribution in [0.15, 0.2) is 51.5 Å². The lowest BCUT2D eigenvalue weighted by atomic mass is 10.2. The van der Waals surface area contributed by atoms with Crippen LogP contribution in [-0.2, 0) is 13.0 Å². The van der Waals surface area contributed by atoms with Crippen LogP contribution in [0.1, 0.15) is 20.8 Å². The SMILES string of the molecule is O=C(NCCc1cccs1)c1c[nH]c(=O)n(Cc2ccc3c(c2)OCO3)c1=O. The van der Waals surface area contributed by atoms with E-state index in [1.54, 1.807) is 29.5 Å². The van der Waals surface area contributed by atoms with Crippen molar-refractivity contribution in [3.63, 3.8) is 0 Å². The fraction of sp³-hybridized carbons (Fsp3) is 0.211. The van der Waals surface area contributed by atoms with E-state index < -0.39 is 17.2 Å². The standard InChI is InChI=1S/C19H17N3O5S/c23-17(20-6-5-13-2-1-7-28-13)14-9-21-19(25)22(18(14)24)10-12-3-4-15-16(8-12)27-11-26-15/h1-4,7-9H,5-6,10-11H2,(H,20,23)(H,21,25). The van der Waals surface area contributed by atoms with E-state index in [1.807, 2.05) is 17.5 Å². The van der Waals surface area contributed by atoms with Crippen molar-refractivity contribution in [3.05, 3.63) is 78.8 Å². The number of carbonyl (C=O) groups is 1. The van der Waals surface area contributed by atoms with Gasteiger partial charge in [0, 0.05) is 17.6 Å². The molecule has 28 heavy (non-hydrogen) atoms. The fourth-order valence-corrected chi connectivity index (χ4v) is 3.60. The third-order valence-electron chi connectivity index (χ3n) is 4.32. The molecule has 0 aliphatic carbocycles. The zero-order valence-corrected chi connectivity index (χ0v) is 15.6. The number of hydrogen-bond donors (Lipinski definition) is 2. The van der Waals surface area contributed by atoms with Crippen LogP contribution in [0.25, 0.3) is 0 Å². The van der Waals surface area contributed by atoms with Crippen molar-refractivity contribution < 1.29 is 14.3 Å². The highest BCUT2D eigenvalue weighted by molar-refractivity contribution is 7.09. The summed E-state index contributed by atoms with van der Waals surface area (Å²) in [6, 6.07) is 9.10. The number of fused-ring (bicyclic) bond motifs is 1. The second-order valence-corrected chi connectivity index (χ2v) is 7.20. The minimum atomic E-state index is -0.643. The van der Waals surface area contributed by atoms with Gasteiger partial charge >= 0.3 is 5.69 Å². The monoisotopic (exact) mass is 399 g/mol. The molecule has 0 radical (unpaired) electrons. The Hall–Kier alpha value is -3.33. The molecule has 0 spiro atoms. The smallest absolute Gasteiger partial charge is 0.328 e. The number of aromatic amines is 1. The zero-order chi connectivity index (χ0) is 19.5. The number of H-pyrrole nitrogens is 1. The number of nitrogens with one attached hydrogen (secondary N) is 2. The third kappa shape index (κ3) is 3.70. The number of hydrogen-bond acceptors (Lipinski definition) is 6. The van der Waals surface area contributed by atoms with Crippen LogP contribution in [0.4, 0.5) is 0 Å². The first-order valence-electron chi connectivity index (χ1n) is 8.63. The molecule has 8 nitrogen and oxygen atoms in total. The lowest BCUT2D eigenvalue weighted by molar-refractivity contribution is 0.0951. The average Bonchev–Trinajstić information content (AvgIpc) is 3.36. The maximum Gasteiger partial charge on any atom is 0.328 e. The Morgan fingerprint density at radius 2 is 2.07 bits per heavy atom. The quantitative estimate of drug-likeness (QED) is 0.651. The molecule has 3 heterocycles. The number of nitrogens with zero attached hydrogens (tertiary/aromatic N) is 1. The summed E-state index contributed by atoms with van der Waals surface area (Å²) in [6.45, 7) is 0.557. The van der Waals surface area contributed by atoms with E-state index in [-0.39, 0.29) is 18.9 Å². The van der Waals surface area contributed by atoms with Gasteiger partial charge in [-0.15, -0.1) is 11.3 Å². The third-order valence-corrected chi connectivity index (χ3v) is 5.26. The van der Waals surface area contributed by atoms with Gasteiger partial charge in [-0.05, 0) is 35.6 Å². The first kappa shape index (κ1) is 18.1. The lowest BCUT2D eigenvalue weighted by Crippen LogP contribution is -2.41. The summed E-state index contributed by atoms with van der Waals surface area (Å²) in [5.74, 6) is 0.658. The van der Waals surface area contributed by atoms with Crippen LogP contribution >= 0.6 is 11.3 Å². The van der Waals surface area contributed by atoms with Crippen molar-refractivity contribution in [1.82, 2.24) is 14.9 Å². The Kier molecular flexibility index (Phi) is 4.98. The van der Waals surface area contributed by atoms with Crippen molar-refractivity contribution in [2.24, 2.45) is 0 Å². The number of rotatable bonds is 6. The second kappa shape index (κ2) is 7.73. The highest BCUT2D eigenvalue weighted by atomic mass is 32.1. The highest BCUT2D eigenvalue weighted by Crippen LogP contribution is 2.32. The van der Waals surface area contributed by atoms with Gasteiger partial charge in [0.25, 0.3) is 11.5 Å². The lowest BCUT2D eigenvalue weighted by Gasteiger charge is -2.08. The summed E-state index contributed by atoms with van der Waals surface area (Å²) in [4.78, 5) is 40.8. The summed E-state index contributed by atoms with van der Waals surface area (Å²) in [5, 5.41) is 4.68. The van der Waals surface area contributed by atoms with Gasteiger partial charge in [-0.1, -0.05) is 12.1 Å². The number of carbonyl (C=O) groups excluding carboxylic acids is 1. The van der Waals surface area contributed by atoms with Gasteiger partial charge in [0.05, 0.1) is 6.54 Å². The summed E-state index contributed by atoms with van der Waals surface area (Å²) in [7, 11) is 0. The maximum atomic E-state index is 12.7. The van der Waals surface area contributed by atoms with E-state index in [4.69, 9.17) is 9.47 Å². The zero-order valence-electron chi connectivity index (χ0n) is 14.8. The molecule has 0 fully saturated rings. The first-order valence-corrected chi connectivity index (χ1v) is 9.51. The Bertz CT molecular complexity index is 1120. The van der Waals surface area contributed by atoms with Gasteiger partial charge in [0.1, 0.15) is 5.56 Å². The van der Waals surface area contributed by atoms with Crippen LogP contribution in [0, 0.1) is 0 Å². The van der Waals surface area contributed by atoms with E-state index in [0.29, 0.717) is 30.0 Å². The molecule has 4 rings (SSSR count). The van der Waals surface area contributed by atoms with Crippen LogP contribution in [0.3, 0.4) is 0 Å². The summed E-state index contributed by atoms with van der Waals surface area (Å²) < 4.78 is 11.6. The number of ether oxygens (including phenoxy) is 2. The molecule has 1 aromatic carbocycles. The number of aromatic nitrogens is 2. The second-order valence-electron chi connectivity index (χ2n) is 6.17. The van der Waals surface area contributed by atoms with Crippen LogP contribution < -0.4 is 26.0 Å². The molecule has 1 aliphatic heterocycles. The minimum absolute atomic E-state index is 0.0150. The number of amides is 1. The molecule has 9 heteroatoms. The van der Waals surface area contributed by atoms with E-state index >= 15 is 0 Å². The summed E-state index contributed by atoms with van der Waals surface area (Å²) in [5.41, 5.74) is -0.647. The molecule has 0 saturated carbocycles. The van der Waals surface area contributed by atoms with Crippen molar-refractivity contribution >= 4 is 17.2 Å². The van der Waals surface area contributed by atoms with Crippen LogP contribution in [0.2, 0.25) is 0 Å². The predicted molar refractivity (Wildman–Crippen MR) is 103 cm³/mol. The first-order chi connectivity index (χ1) is 13.6. The van der Waals surface area contributed by atoms with Crippen molar-refractivity contribution in [2.75, 3.05) is 13.3 Å². The highest BCUT2D eigenvalue weighted by Gasteiger charge is 2.17. The van der Waals surface area contributed by atoms with Gasteiger partial charge < -0.3 is 19.8 Å². The molecular weight excluding hydrogens is 382 g/mol. The van der Waals surface area contributed by atoms with Crippen molar-refractivity contribution in [3.8, 4) is 11.5 Å². The number of thiophene rings is 1. The largest absolute Gasteiger partial charge is 0.454 e. The molecular formula is C19H17N3O5S. The molecule has 2 N–H and O–H groups in total. The van der Waals surface area contributed by atoms with Gasteiger partial charge in [-0.3, -0.25) is 14.2 Å². The van der Waals surface area contributed by atoms with Gasteiger partial charge in [-0.25, -0.2) is 4.79 Å². The van der Waals surface area contributed by atoms with E-state index in [9.17, 15) is 14.4 Å². The minimum Gasteiger partial charge on any atom is -0.454 e. The van der Waals surface area contributed by atoms with Gasteiger partial charge in [-0.2, -0.15) is 0 Å². The van der Waals surface area contributed by atoms with Crippen LogP contribution in [0.5, 0.6) is 11.5 Å². The number of benzene rings is 1. The average molecular weight is 399 g/mol. The van der Waals surface area contributed by atoms with E-state index in [1.165, 1.54) is 0 Å². The summed E-state index contributed by atoms with van der Waals surface area (Å²) in [6.07, 6.45) is 1.83. The molecule has 0 bridgehead atoms. The Labute approximate surface area is 163 Å². The normalized spacial score (nSPS) is 12.1. The summed E-state index contributed by atoms with van der Waals surface area (Å²) >= 11 is 1.60. The van der Waals surface area contributed by atoms with E-state index in [0.717, 1.165) is 15.6 Å². The predicted octanol–water partition coefficient (Wildman–Crippen LogP) is 1.35. The Morgan fingerprint density at radius 1 is 1.21 bits per heavy atom. The molecule has 144 valence electrons. The maximum absolute atomic E-state index is 12.7. The van der Waals surface area contributed by atoms with Crippen molar-refractivity contribution in [2.45, 2.75) is 13.0 Å². The molecule has 1 amide bonds. The molecule has 3 aromatic rings. The topological polar surface area (TPSA) is 102 Å². The van der Waals surface area contributed by atoms with Gasteiger partial charge in [0.15, 0.2) is 11.5 Å². The van der Waals surface area contributed by atoms with Crippen LogP contribution in [-0.4, -0.2) is 28.8 Å². The molecule has 0 saturated heterocycles. The Morgan fingerprint density at radius 3 is 2.89 bits per heavy atom. The fourth-order valence-electron chi connectivity index (χ4n) is 2.89. The molecule has 0 atom stereocenters. The van der Waals surface area contributed by atoms with Gasteiger partial charge in [0.2, 0.25) is 6.79 Å².